The first kappa shape index (κ1) is 18.2. The van der Waals surface area contributed by atoms with Gasteiger partial charge in [0.2, 0.25) is 0 Å². The Morgan fingerprint density at radius 3 is 1.60 bits per heavy atom. The van der Waals surface area contributed by atoms with Gasteiger partial charge in [-0.15, -0.1) is 0 Å². The van der Waals surface area contributed by atoms with Gasteiger partial charge in [-0.25, -0.2) is 0 Å². The normalized spacial score (nSPS) is 23.9. The highest BCUT2D eigenvalue weighted by Gasteiger charge is 2.61. The maximum Gasteiger partial charge on any atom is 0.474 e. The van der Waals surface area contributed by atoms with E-state index in [1.54, 1.807) is 0 Å². The van der Waals surface area contributed by atoms with Gasteiger partial charge in [0.1, 0.15) is 5.56 Å². The van der Waals surface area contributed by atoms with Crippen molar-refractivity contribution in [3.8, 4) is 0 Å². The summed E-state index contributed by atoms with van der Waals surface area (Å²) in [6, 6.07) is 0. The van der Waals surface area contributed by atoms with Crippen LogP contribution in [0.15, 0.2) is 0 Å². The average Bonchev–Trinajstić information content (AvgIpc) is 2.45. The molecule has 0 aliphatic carbocycles. The standard InChI is InChI=1S/C13H28BO5P/c1-11(2,3)10(20(15,16-8)17-9)14-18-12(4,5)13(6,7)19-14/h10H,1-9H3. The fraction of sp³-hybridized carbons (Fsp3) is 1.00. The molecule has 0 N–H and O–H groups in total. The lowest BCUT2D eigenvalue weighted by Crippen LogP contribution is -2.44. The summed E-state index contributed by atoms with van der Waals surface area (Å²) >= 11 is 0. The van der Waals surface area contributed by atoms with Gasteiger partial charge in [-0.2, -0.15) is 0 Å². The highest BCUT2D eigenvalue weighted by atomic mass is 31.2. The van der Waals surface area contributed by atoms with E-state index in [-0.39, 0.29) is 5.41 Å². The Labute approximate surface area is 123 Å². The van der Waals surface area contributed by atoms with Gasteiger partial charge < -0.3 is 18.4 Å². The third kappa shape index (κ3) is 3.15. The molecular weight excluding hydrogens is 278 g/mol. The van der Waals surface area contributed by atoms with Crippen LogP contribution in [0.2, 0.25) is 0 Å². The molecule has 0 aromatic rings. The average molecular weight is 306 g/mol. The van der Waals surface area contributed by atoms with Crippen LogP contribution in [-0.2, 0) is 22.9 Å². The first-order valence-corrected chi connectivity index (χ1v) is 8.49. The van der Waals surface area contributed by atoms with Gasteiger partial charge in [-0.05, 0) is 33.1 Å². The molecule has 1 fully saturated rings. The van der Waals surface area contributed by atoms with Crippen LogP contribution in [0.25, 0.3) is 0 Å². The summed E-state index contributed by atoms with van der Waals surface area (Å²) in [7, 11) is -1.16. The van der Waals surface area contributed by atoms with E-state index in [9.17, 15) is 4.57 Å². The fourth-order valence-corrected chi connectivity index (χ4v) is 4.32. The Bertz CT molecular complexity index is 378. The minimum Gasteiger partial charge on any atom is -0.403 e. The first-order chi connectivity index (χ1) is 8.81. The molecule has 1 rings (SSSR count). The molecule has 1 aliphatic heterocycles. The summed E-state index contributed by atoms with van der Waals surface area (Å²) in [6.07, 6.45) is 0. The largest absolute Gasteiger partial charge is 0.474 e. The van der Waals surface area contributed by atoms with Gasteiger partial charge in [-0.3, -0.25) is 4.57 Å². The van der Waals surface area contributed by atoms with Crippen molar-refractivity contribution in [2.75, 3.05) is 14.2 Å². The lowest BCUT2D eigenvalue weighted by molar-refractivity contribution is 0.00578. The lowest BCUT2D eigenvalue weighted by Gasteiger charge is -2.35. The van der Waals surface area contributed by atoms with Crippen LogP contribution in [0.3, 0.4) is 0 Å². The SMILES string of the molecule is COP(=O)(OC)C(B1OC(C)(C)C(C)(C)O1)C(C)(C)C. The van der Waals surface area contributed by atoms with E-state index >= 15 is 0 Å². The molecule has 20 heavy (non-hydrogen) atoms. The molecule has 5 nitrogen and oxygen atoms in total. The number of rotatable bonds is 4. The van der Waals surface area contributed by atoms with Gasteiger partial charge in [0.05, 0.1) is 11.2 Å². The molecule has 0 amide bonds. The van der Waals surface area contributed by atoms with E-state index in [1.165, 1.54) is 14.2 Å². The molecule has 0 spiro atoms. The highest BCUT2D eigenvalue weighted by molar-refractivity contribution is 7.57. The van der Waals surface area contributed by atoms with Crippen molar-refractivity contribution in [1.82, 2.24) is 0 Å². The molecule has 7 heteroatoms. The number of hydrogen-bond acceptors (Lipinski definition) is 5. The van der Waals surface area contributed by atoms with Gasteiger partial charge in [-0.1, -0.05) is 20.8 Å². The molecule has 0 radical (unpaired) electrons. The van der Waals surface area contributed by atoms with Crippen molar-refractivity contribution >= 4 is 14.7 Å². The zero-order chi connectivity index (χ0) is 16.0. The van der Waals surface area contributed by atoms with E-state index < -0.39 is 31.5 Å². The van der Waals surface area contributed by atoms with Crippen LogP contribution >= 0.6 is 7.60 Å². The quantitative estimate of drug-likeness (QED) is 0.587. The van der Waals surface area contributed by atoms with Crippen molar-refractivity contribution in [2.45, 2.75) is 65.2 Å². The Kier molecular flexibility index (Phi) is 4.91. The zero-order valence-electron chi connectivity index (χ0n) is 14.1. The van der Waals surface area contributed by atoms with Gasteiger partial charge in [0, 0.05) is 14.2 Å². The molecule has 1 unspecified atom stereocenters. The molecular formula is C13H28BO5P. The van der Waals surface area contributed by atoms with Crippen LogP contribution in [0, 0.1) is 5.41 Å². The van der Waals surface area contributed by atoms with Crippen LogP contribution in [0.5, 0.6) is 0 Å². The monoisotopic (exact) mass is 306 g/mol. The molecule has 0 saturated carbocycles. The Balaban J connectivity index is 3.21. The second-order valence-corrected chi connectivity index (χ2v) is 9.71. The second-order valence-electron chi connectivity index (χ2n) is 7.34. The highest BCUT2D eigenvalue weighted by Crippen LogP contribution is 2.60. The summed E-state index contributed by atoms with van der Waals surface area (Å²) in [4.78, 5) is 0. The van der Waals surface area contributed by atoms with Crippen LogP contribution < -0.4 is 0 Å². The van der Waals surface area contributed by atoms with Crippen LogP contribution in [0.4, 0.5) is 0 Å². The minimum absolute atomic E-state index is 0.358. The molecule has 1 atom stereocenters. The molecule has 118 valence electrons. The predicted octanol–water partition coefficient (Wildman–Crippen LogP) is 3.52. The smallest absolute Gasteiger partial charge is 0.403 e. The van der Waals surface area contributed by atoms with Gasteiger partial charge in [0.25, 0.3) is 0 Å². The van der Waals surface area contributed by atoms with Crippen molar-refractivity contribution in [3.05, 3.63) is 0 Å². The predicted molar refractivity (Wildman–Crippen MR) is 80.9 cm³/mol. The third-order valence-corrected chi connectivity index (χ3v) is 6.98. The zero-order valence-corrected chi connectivity index (χ0v) is 15.0. The van der Waals surface area contributed by atoms with Crippen LogP contribution in [-0.4, -0.2) is 38.1 Å². The Morgan fingerprint density at radius 1 is 1.00 bits per heavy atom. The van der Waals surface area contributed by atoms with Crippen LogP contribution in [0.1, 0.15) is 48.5 Å². The molecule has 0 aromatic carbocycles. The summed E-state index contributed by atoms with van der Waals surface area (Å²) in [6.45, 7) is 13.8. The molecule has 1 saturated heterocycles. The summed E-state index contributed by atoms with van der Waals surface area (Å²) < 4.78 is 35.4. The Morgan fingerprint density at radius 2 is 1.35 bits per heavy atom. The first-order valence-electron chi connectivity index (χ1n) is 6.87. The lowest BCUT2D eigenvalue weighted by atomic mass is 9.70. The van der Waals surface area contributed by atoms with Crippen molar-refractivity contribution in [1.29, 1.82) is 0 Å². The van der Waals surface area contributed by atoms with Crippen molar-refractivity contribution in [2.24, 2.45) is 5.41 Å². The molecule has 0 aromatic heterocycles. The minimum atomic E-state index is -3.32. The topological polar surface area (TPSA) is 54.0 Å². The number of hydrogen-bond donors (Lipinski definition) is 0. The van der Waals surface area contributed by atoms with Gasteiger partial charge in [0.15, 0.2) is 0 Å². The summed E-state index contributed by atoms with van der Waals surface area (Å²) in [5.41, 5.74) is -1.82. The third-order valence-electron chi connectivity index (χ3n) is 4.27. The van der Waals surface area contributed by atoms with E-state index in [0.717, 1.165) is 0 Å². The molecule has 1 heterocycles. The van der Waals surface area contributed by atoms with E-state index in [0.29, 0.717) is 0 Å². The van der Waals surface area contributed by atoms with Crippen molar-refractivity contribution in [3.63, 3.8) is 0 Å². The van der Waals surface area contributed by atoms with E-state index in [1.807, 2.05) is 48.5 Å². The summed E-state index contributed by atoms with van der Waals surface area (Å²) in [5.74, 6) is 0. The molecule has 0 bridgehead atoms. The van der Waals surface area contributed by atoms with E-state index in [4.69, 9.17) is 18.4 Å². The second kappa shape index (κ2) is 5.40. The Hall–Kier alpha value is 0.135. The summed E-state index contributed by atoms with van der Waals surface area (Å²) in [5, 5.41) is 0. The van der Waals surface area contributed by atoms with E-state index in [2.05, 4.69) is 0 Å². The maximum absolute atomic E-state index is 12.9. The van der Waals surface area contributed by atoms with Gasteiger partial charge >= 0.3 is 14.7 Å². The maximum atomic E-state index is 12.9. The van der Waals surface area contributed by atoms with Crippen molar-refractivity contribution < 1.29 is 22.9 Å². The fourth-order valence-electron chi connectivity index (χ4n) is 2.35. The molecule has 1 aliphatic rings.